The third kappa shape index (κ3) is 4.44. The van der Waals surface area contributed by atoms with Gasteiger partial charge in [-0.25, -0.2) is 4.39 Å². The molecule has 0 saturated carbocycles. The maximum atomic E-state index is 13.7. The molecule has 4 rings (SSSR count). The highest BCUT2D eigenvalue weighted by Crippen LogP contribution is 2.30. The summed E-state index contributed by atoms with van der Waals surface area (Å²) >= 11 is 0. The Balaban J connectivity index is 1.37. The van der Waals surface area contributed by atoms with Gasteiger partial charge in [-0.05, 0) is 54.5 Å². The van der Waals surface area contributed by atoms with E-state index in [2.05, 4.69) is 5.32 Å². The van der Waals surface area contributed by atoms with Crippen LogP contribution in [0.5, 0.6) is 5.75 Å². The van der Waals surface area contributed by atoms with Crippen molar-refractivity contribution in [2.45, 2.75) is 26.3 Å². The van der Waals surface area contributed by atoms with E-state index in [9.17, 15) is 14.0 Å². The molecule has 0 bridgehead atoms. The van der Waals surface area contributed by atoms with Crippen molar-refractivity contribution in [2.24, 2.45) is 5.92 Å². The number of fused-ring (bicyclic) bond motifs is 1. The van der Waals surface area contributed by atoms with E-state index in [1.165, 1.54) is 6.07 Å². The number of carbonyl (C=O) groups excluding carboxylic acids is 2. The third-order valence-electron chi connectivity index (χ3n) is 6.19. The van der Waals surface area contributed by atoms with Crippen LogP contribution in [-0.2, 0) is 11.3 Å². The fourth-order valence-electron chi connectivity index (χ4n) is 4.23. The van der Waals surface area contributed by atoms with E-state index in [1.807, 2.05) is 47.4 Å². The van der Waals surface area contributed by atoms with Crippen molar-refractivity contribution in [1.29, 1.82) is 0 Å². The van der Waals surface area contributed by atoms with Gasteiger partial charge in [-0.3, -0.25) is 9.59 Å². The summed E-state index contributed by atoms with van der Waals surface area (Å²) in [7, 11) is 1.62. The number of likely N-dealkylation sites (tertiary alicyclic amines) is 1. The zero-order chi connectivity index (χ0) is 22.7. The standard InChI is InChI=1S/C26H27FN2O3/c1-17-7-8-18(15-23(17)27)16-28-25(30)19-11-13-29(14-12-19)26(31)22-9-10-24(32-2)21-6-4-3-5-20(21)22/h3-10,15,19H,11-14,16H2,1-2H3,(H,28,30). The largest absolute Gasteiger partial charge is 0.496 e. The maximum Gasteiger partial charge on any atom is 0.254 e. The number of benzene rings is 3. The molecule has 3 aromatic rings. The first-order valence-corrected chi connectivity index (χ1v) is 10.9. The molecule has 1 N–H and O–H groups in total. The molecule has 0 spiro atoms. The second kappa shape index (κ2) is 9.39. The smallest absolute Gasteiger partial charge is 0.254 e. The molecular weight excluding hydrogens is 407 g/mol. The SMILES string of the molecule is COc1ccc(C(=O)N2CCC(C(=O)NCc3ccc(C)c(F)c3)CC2)c2ccccc12. The number of aryl methyl sites for hydroxylation is 1. The summed E-state index contributed by atoms with van der Waals surface area (Å²) in [4.78, 5) is 27.6. The summed E-state index contributed by atoms with van der Waals surface area (Å²) in [6.07, 6.45) is 1.21. The van der Waals surface area contributed by atoms with Gasteiger partial charge in [0.2, 0.25) is 5.91 Å². The van der Waals surface area contributed by atoms with E-state index >= 15 is 0 Å². The highest BCUT2D eigenvalue weighted by Gasteiger charge is 2.28. The Hall–Kier alpha value is -3.41. The van der Waals surface area contributed by atoms with Crippen LogP contribution in [0, 0.1) is 18.7 Å². The van der Waals surface area contributed by atoms with Crippen molar-refractivity contribution in [3.8, 4) is 5.75 Å². The van der Waals surface area contributed by atoms with Gasteiger partial charge < -0.3 is 15.0 Å². The molecule has 2 amide bonds. The first kappa shape index (κ1) is 21.8. The van der Waals surface area contributed by atoms with Crippen LogP contribution in [-0.4, -0.2) is 36.9 Å². The molecule has 1 heterocycles. The van der Waals surface area contributed by atoms with E-state index in [0.717, 1.165) is 22.1 Å². The number of nitrogens with zero attached hydrogens (tertiary/aromatic N) is 1. The Morgan fingerprint density at radius 2 is 1.78 bits per heavy atom. The van der Waals surface area contributed by atoms with Crippen molar-refractivity contribution in [1.82, 2.24) is 10.2 Å². The number of nitrogens with one attached hydrogen (secondary N) is 1. The molecule has 1 aliphatic heterocycles. The lowest BCUT2D eigenvalue weighted by Crippen LogP contribution is -2.43. The zero-order valence-electron chi connectivity index (χ0n) is 18.4. The molecular formula is C26H27FN2O3. The monoisotopic (exact) mass is 434 g/mol. The van der Waals surface area contributed by atoms with Gasteiger partial charge in [-0.1, -0.05) is 36.4 Å². The highest BCUT2D eigenvalue weighted by atomic mass is 19.1. The minimum atomic E-state index is -0.269. The molecule has 1 fully saturated rings. The summed E-state index contributed by atoms with van der Waals surface area (Å²) in [5.41, 5.74) is 1.97. The van der Waals surface area contributed by atoms with Crippen molar-refractivity contribution >= 4 is 22.6 Å². The molecule has 32 heavy (non-hydrogen) atoms. The molecule has 166 valence electrons. The summed E-state index contributed by atoms with van der Waals surface area (Å²) in [6.45, 7) is 3.06. The molecule has 1 saturated heterocycles. The second-order valence-electron chi connectivity index (χ2n) is 8.23. The number of methoxy groups -OCH3 is 1. The van der Waals surface area contributed by atoms with Crippen LogP contribution in [0.3, 0.4) is 0 Å². The van der Waals surface area contributed by atoms with Crippen LogP contribution in [0.1, 0.15) is 34.3 Å². The minimum Gasteiger partial charge on any atom is -0.496 e. The average molecular weight is 435 g/mol. The van der Waals surface area contributed by atoms with Gasteiger partial charge >= 0.3 is 0 Å². The first-order valence-electron chi connectivity index (χ1n) is 10.9. The van der Waals surface area contributed by atoms with E-state index in [0.29, 0.717) is 43.6 Å². The number of ether oxygens (including phenoxy) is 1. The van der Waals surface area contributed by atoms with E-state index in [1.54, 1.807) is 20.1 Å². The fourth-order valence-corrected chi connectivity index (χ4v) is 4.23. The van der Waals surface area contributed by atoms with Gasteiger partial charge in [0.15, 0.2) is 0 Å². The molecule has 0 atom stereocenters. The summed E-state index contributed by atoms with van der Waals surface area (Å²) < 4.78 is 19.1. The number of hydrogen-bond acceptors (Lipinski definition) is 3. The lowest BCUT2D eigenvalue weighted by molar-refractivity contribution is -0.126. The number of piperidine rings is 1. The van der Waals surface area contributed by atoms with E-state index in [-0.39, 0.29) is 23.5 Å². The van der Waals surface area contributed by atoms with Gasteiger partial charge in [0.05, 0.1) is 7.11 Å². The average Bonchev–Trinajstić information content (AvgIpc) is 2.83. The van der Waals surface area contributed by atoms with Crippen molar-refractivity contribution in [3.63, 3.8) is 0 Å². The van der Waals surface area contributed by atoms with Crippen LogP contribution < -0.4 is 10.1 Å². The quantitative estimate of drug-likeness (QED) is 0.645. The summed E-state index contributed by atoms with van der Waals surface area (Å²) in [5, 5.41) is 4.67. The second-order valence-corrected chi connectivity index (χ2v) is 8.23. The van der Waals surface area contributed by atoms with E-state index in [4.69, 9.17) is 4.74 Å². The van der Waals surface area contributed by atoms with Crippen LogP contribution in [0.4, 0.5) is 4.39 Å². The van der Waals surface area contributed by atoms with Crippen molar-refractivity contribution < 1.29 is 18.7 Å². The Bertz CT molecular complexity index is 1150. The maximum absolute atomic E-state index is 13.7. The molecule has 1 aliphatic rings. The van der Waals surface area contributed by atoms with Crippen molar-refractivity contribution in [2.75, 3.05) is 20.2 Å². The fraction of sp³-hybridized carbons (Fsp3) is 0.308. The van der Waals surface area contributed by atoms with Crippen LogP contribution in [0.25, 0.3) is 10.8 Å². The normalized spacial score (nSPS) is 14.4. The van der Waals surface area contributed by atoms with E-state index < -0.39 is 0 Å². The Kier molecular flexibility index (Phi) is 6.40. The van der Waals surface area contributed by atoms with Gasteiger partial charge in [0.25, 0.3) is 5.91 Å². The number of halogens is 1. The lowest BCUT2D eigenvalue weighted by Gasteiger charge is -2.31. The topological polar surface area (TPSA) is 58.6 Å². The van der Waals surface area contributed by atoms with Gasteiger partial charge in [-0.2, -0.15) is 0 Å². The Labute approximate surface area is 187 Å². The Morgan fingerprint density at radius 3 is 2.47 bits per heavy atom. The number of rotatable bonds is 5. The van der Waals surface area contributed by atoms with Crippen molar-refractivity contribution in [3.05, 3.63) is 77.1 Å². The Morgan fingerprint density at radius 1 is 1.06 bits per heavy atom. The van der Waals surface area contributed by atoms with Crippen LogP contribution in [0.2, 0.25) is 0 Å². The number of amides is 2. The highest BCUT2D eigenvalue weighted by molar-refractivity contribution is 6.08. The van der Waals surface area contributed by atoms with Gasteiger partial charge in [-0.15, -0.1) is 0 Å². The molecule has 6 heteroatoms. The molecule has 0 radical (unpaired) electrons. The lowest BCUT2D eigenvalue weighted by atomic mass is 9.94. The predicted octanol–water partition coefficient (Wildman–Crippen LogP) is 4.46. The first-order chi connectivity index (χ1) is 15.5. The van der Waals surface area contributed by atoms with Crippen LogP contribution in [0.15, 0.2) is 54.6 Å². The van der Waals surface area contributed by atoms with Gasteiger partial charge in [0, 0.05) is 36.5 Å². The van der Waals surface area contributed by atoms with Gasteiger partial charge in [0.1, 0.15) is 11.6 Å². The summed E-state index contributed by atoms with van der Waals surface area (Å²) in [5.74, 6) is 0.239. The number of carbonyl (C=O) groups is 2. The summed E-state index contributed by atoms with van der Waals surface area (Å²) in [6, 6.07) is 16.3. The number of hydrogen-bond donors (Lipinski definition) is 1. The molecule has 0 unspecified atom stereocenters. The van der Waals surface area contributed by atoms with Crippen LogP contribution >= 0.6 is 0 Å². The predicted molar refractivity (Wildman–Crippen MR) is 122 cm³/mol. The third-order valence-corrected chi connectivity index (χ3v) is 6.19. The molecule has 0 aromatic heterocycles. The molecule has 5 nitrogen and oxygen atoms in total. The molecule has 3 aromatic carbocycles. The minimum absolute atomic E-state index is 0.0298. The molecule has 0 aliphatic carbocycles. The zero-order valence-corrected chi connectivity index (χ0v) is 18.4.